The summed E-state index contributed by atoms with van der Waals surface area (Å²) in [5.41, 5.74) is 3.53. The largest absolute Gasteiger partial charge is 0.478 e. The number of nitrogens with zero attached hydrogens (tertiary/aromatic N) is 1. The Kier molecular flexibility index (Phi) is 3.77. The summed E-state index contributed by atoms with van der Waals surface area (Å²) < 4.78 is 0. The van der Waals surface area contributed by atoms with E-state index in [9.17, 15) is 9.90 Å². The van der Waals surface area contributed by atoms with Gasteiger partial charge in [0.15, 0.2) is 0 Å². The maximum absolute atomic E-state index is 11.2. The zero-order valence-corrected chi connectivity index (χ0v) is 13.1. The van der Waals surface area contributed by atoms with Crippen molar-refractivity contribution in [1.29, 1.82) is 0 Å². The molecular formula is C17H11Cl2NO2. The lowest BCUT2D eigenvalue weighted by Crippen LogP contribution is -1.97. The monoisotopic (exact) mass is 331 g/mol. The lowest BCUT2D eigenvalue weighted by Gasteiger charge is -2.12. The molecule has 0 saturated carbocycles. The van der Waals surface area contributed by atoms with Crippen LogP contribution in [0.5, 0.6) is 0 Å². The van der Waals surface area contributed by atoms with E-state index in [-0.39, 0.29) is 5.56 Å². The molecule has 0 atom stereocenters. The van der Waals surface area contributed by atoms with Gasteiger partial charge in [0.2, 0.25) is 0 Å². The first-order chi connectivity index (χ1) is 10.5. The lowest BCUT2D eigenvalue weighted by molar-refractivity contribution is 0.0697. The molecule has 5 heteroatoms. The topological polar surface area (TPSA) is 50.2 Å². The molecule has 0 aliphatic heterocycles. The minimum absolute atomic E-state index is 0.199. The fraction of sp³-hybridized carbons (Fsp3) is 0.0588. The molecule has 0 radical (unpaired) electrons. The van der Waals surface area contributed by atoms with Crippen molar-refractivity contribution >= 4 is 40.1 Å². The molecule has 0 aliphatic rings. The molecule has 2 aromatic carbocycles. The van der Waals surface area contributed by atoms with Crippen molar-refractivity contribution in [2.45, 2.75) is 6.92 Å². The Balaban J connectivity index is 2.38. The third-order valence-corrected chi connectivity index (χ3v) is 4.05. The van der Waals surface area contributed by atoms with Crippen molar-refractivity contribution in [2.75, 3.05) is 0 Å². The molecule has 0 spiro atoms. The van der Waals surface area contributed by atoms with Crippen molar-refractivity contribution in [2.24, 2.45) is 0 Å². The van der Waals surface area contributed by atoms with E-state index in [0.717, 1.165) is 16.7 Å². The Labute approximate surface area is 137 Å². The maximum atomic E-state index is 11.2. The normalized spacial score (nSPS) is 10.9. The minimum atomic E-state index is -0.986. The van der Waals surface area contributed by atoms with E-state index in [0.29, 0.717) is 20.9 Å². The average Bonchev–Trinajstić information content (AvgIpc) is 2.47. The van der Waals surface area contributed by atoms with Crippen molar-refractivity contribution in [3.63, 3.8) is 0 Å². The van der Waals surface area contributed by atoms with Gasteiger partial charge in [0, 0.05) is 22.2 Å². The smallest absolute Gasteiger partial charge is 0.335 e. The zero-order valence-electron chi connectivity index (χ0n) is 11.6. The molecule has 0 amide bonds. The number of carboxylic acid groups (broad SMARTS) is 1. The third-order valence-electron chi connectivity index (χ3n) is 3.53. The second-order valence-electron chi connectivity index (χ2n) is 4.98. The standard InChI is InChI=1S/C17H11Cl2NO2/c1-9-6-11(18)3-4-12(9)16-13-7-10(17(21)22)2-5-15(13)20-8-14(16)19/h2-8H,1H3,(H,21,22). The summed E-state index contributed by atoms with van der Waals surface area (Å²) in [7, 11) is 0. The zero-order chi connectivity index (χ0) is 15.9. The molecule has 22 heavy (non-hydrogen) atoms. The van der Waals surface area contributed by atoms with Crippen LogP contribution in [0.3, 0.4) is 0 Å². The van der Waals surface area contributed by atoms with Crippen molar-refractivity contribution in [3.8, 4) is 11.1 Å². The molecule has 3 rings (SSSR count). The lowest BCUT2D eigenvalue weighted by atomic mass is 9.96. The maximum Gasteiger partial charge on any atom is 0.335 e. The Hall–Kier alpha value is -2.10. The molecular weight excluding hydrogens is 321 g/mol. The highest BCUT2D eigenvalue weighted by molar-refractivity contribution is 6.35. The molecule has 0 fully saturated rings. The van der Waals surface area contributed by atoms with Crippen LogP contribution in [0.25, 0.3) is 22.0 Å². The number of pyridine rings is 1. The molecule has 0 bridgehead atoms. The van der Waals surface area contributed by atoms with Gasteiger partial charge in [-0.1, -0.05) is 29.3 Å². The molecule has 1 aromatic heterocycles. The summed E-state index contributed by atoms with van der Waals surface area (Å²) in [6.07, 6.45) is 1.58. The number of carboxylic acids is 1. The SMILES string of the molecule is Cc1cc(Cl)ccc1-c1c(Cl)cnc2ccc(C(=O)O)cc12. The summed E-state index contributed by atoms with van der Waals surface area (Å²) >= 11 is 12.3. The highest BCUT2D eigenvalue weighted by Crippen LogP contribution is 2.37. The van der Waals surface area contributed by atoms with Crippen LogP contribution in [0.1, 0.15) is 15.9 Å². The first-order valence-electron chi connectivity index (χ1n) is 6.55. The summed E-state index contributed by atoms with van der Waals surface area (Å²) in [5, 5.41) is 11.0. The Morgan fingerprint density at radius 2 is 1.91 bits per heavy atom. The first-order valence-corrected chi connectivity index (χ1v) is 7.31. The van der Waals surface area contributed by atoms with E-state index in [1.807, 2.05) is 19.1 Å². The second-order valence-corrected chi connectivity index (χ2v) is 5.82. The molecule has 3 aromatic rings. The van der Waals surface area contributed by atoms with Gasteiger partial charge in [-0.15, -0.1) is 0 Å². The van der Waals surface area contributed by atoms with Crippen LogP contribution in [0.2, 0.25) is 10.0 Å². The number of aryl methyl sites for hydroxylation is 1. The summed E-state index contributed by atoms with van der Waals surface area (Å²) in [4.78, 5) is 15.5. The van der Waals surface area contributed by atoms with Gasteiger partial charge in [-0.3, -0.25) is 4.98 Å². The number of rotatable bonds is 2. The van der Waals surface area contributed by atoms with Crippen LogP contribution in [-0.4, -0.2) is 16.1 Å². The fourth-order valence-electron chi connectivity index (χ4n) is 2.48. The number of halogens is 2. The van der Waals surface area contributed by atoms with Crippen LogP contribution in [0, 0.1) is 6.92 Å². The van der Waals surface area contributed by atoms with Gasteiger partial charge in [-0.25, -0.2) is 4.79 Å². The number of benzene rings is 2. The third kappa shape index (κ3) is 2.54. The van der Waals surface area contributed by atoms with Crippen LogP contribution < -0.4 is 0 Å². The first kappa shape index (κ1) is 14.8. The van der Waals surface area contributed by atoms with Gasteiger partial charge in [-0.05, 0) is 48.4 Å². The predicted molar refractivity (Wildman–Crippen MR) is 88.9 cm³/mol. The molecule has 0 saturated heterocycles. The predicted octanol–water partition coefficient (Wildman–Crippen LogP) is 5.22. The van der Waals surface area contributed by atoms with Gasteiger partial charge in [0.1, 0.15) is 0 Å². The van der Waals surface area contributed by atoms with Crippen molar-refractivity contribution in [1.82, 2.24) is 4.98 Å². The number of aromatic carboxylic acids is 1. The fourth-order valence-corrected chi connectivity index (χ4v) is 2.96. The number of aromatic nitrogens is 1. The summed E-state index contributed by atoms with van der Waals surface area (Å²) in [6, 6.07) is 10.3. The molecule has 1 N–H and O–H groups in total. The van der Waals surface area contributed by atoms with E-state index in [2.05, 4.69) is 4.98 Å². The number of carbonyl (C=O) groups is 1. The van der Waals surface area contributed by atoms with Crippen LogP contribution in [0.4, 0.5) is 0 Å². The van der Waals surface area contributed by atoms with Crippen LogP contribution in [-0.2, 0) is 0 Å². The van der Waals surface area contributed by atoms with Crippen LogP contribution in [0.15, 0.2) is 42.6 Å². The van der Waals surface area contributed by atoms with Gasteiger partial charge < -0.3 is 5.11 Å². The molecule has 0 unspecified atom stereocenters. The Bertz CT molecular complexity index is 907. The quantitative estimate of drug-likeness (QED) is 0.700. The van der Waals surface area contributed by atoms with Gasteiger partial charge in [-0.2, -0.15) is 0 Å². The molecule has 1 heterocycles. The van der Waals surface area contributed by atoms with E-state index >= 15 is 0 Å². The van der Waals surface area contributed by atoms with Crippen molar-refractivity contribution in [3.05, 3.63) is 63.8 Å². The Morgan fingerprint density at radius 1 is 1.14 bits per heavy atom. The minimum Gasteiger partial charge on any atom is -0.478 e. The van der Waals surface area contributed by atoms with E-state index < -0.39 is 5.97 Å². The summed E-state index contributed by atoms with van der Waals surface area (Å²) in [6.45, 7) is 1.94. The number of hydrogen-bond donors (Lipinski definition) is 1. The number of hydrogen-bond acceptors (Lipinski definition) is 2. The molecule has 110 valence electrons. The van der Waals surface area contributed by atoms with E-state index in [1.54, 1.807) is 24.4 Å². The second kappa shape index (κ2) is 5.59. The van der Waals surface area contributed by atoms with Gasteiger partial charge in [0.05, 0.1) is 16.1 Å². The van der Waals surface area contributed by atoms with Crippen molar-refractivity contribution < 1.29 is 9.90 Å². The highest BCUT2D eigenvalue weighted by atomic mass is 35.5. The van der Waals surface area contributed by atoms with Crippen LogP contribution >= 0.6 is 23.2 Å². The summed E-state index contributed by atoms with van der Waals surface area (Å²) in [5.74, 6) is -0.986. The number of fused-ring (bicyclic) bond motifs is 1. The Morgan fingerprint density at radius 3 is 2.59 bits per heavy atom. The molecule has 3 nitrogen and oxygen atoms in total. The molecule has 0 aliphatic carbocycles. The van der Waals surface area contributed by atoms with E-state index in [4.69, 9.17) is 23.2 Å². The highest BCUT2D eigenvalue weighted by Gasteiger charge is 2.14. The average molecular weight is 332 g/mol. The van der Waals surface area contributed by atoms with Gasteiger partial charge >= 0.3 is 5.97 Å². The van der Waals surface area contributed by atoms with E-state index in [1.165, 1.54) is 6.07 Å². The van der Waals surface area contributed by atoms with Gasteiger partial charge in [0.25, 0.3) is 0 Å².